The van der Waals surface area contributed by atoms with E-state index in [1.165, 1.54) is 38.4 Å². The fraction of sp³-hybridized carbons (Fsp3) is 0. The third-order valence-electron chi connectivity index (χ3n) is 8.93. The molecule has 0 saturated carbocycles. The first kappa shape index (κ1) is 26.2. The molecule has 0 amide bonds. The Labute approximate surface area is 266 Å². The summed E-state index contributed by atoms with van der Waals surface area (Å²) in [6.07, 6.45) is 1.87. The Morgan fingerprint density at radius 1 is 0.370 bits per heavy atom. The van der Waals surface area contributed by atoms with E-state index >= 15 is 0 Å². The van der Waals surface area contributed by atoms with Crippen LogP contribution >= 0.6 is 0 Å². The minimum Gasteiger partial charge on any atom is -0.256 e. The van der Waals surface area contributed by atoms with Gasteiger partial charge in [-0.15, -0.1) is 0 Å². The molecule has 0 saturated heterocycles. The lowest BCUT2D eigenvalue weighted by Gasteiger charge is -2.14. The van der Waals surface area contributed by atoms with Gasteiger partial charge in [0, 0.05) is 33.5 Å². The van der Waals surface area contributed by atoms with E-state index < -0.39 is 0 Å². The smallest absolute Gasteiger partial charge is 0.161 e. The minimum atomic E-state index is 0.730. The molecule has 9 aromatic rings. The van der Waals surface area contributed by atoms with Crippen molar-refractivity contribution >= 4 is 43.4 Å². The van der Waals surface area contributed by atoms with Crippen molar-refractivity contribution < 1.29 is 0 Å². The molecular weight excluding hydrogens is 558 g/mol. The molecule has 46 heavy (non-hydrogen) atoms. The van der Waals surface area contributed by atoms with Crippen LogP contribution in [0.4, 0.5) is 0 Å². The van der Waals surface area contributed by atoms with Gasteiger partial charge in [0.1, 0.15) is 0 Å². The number of para-hydroxylation sites is 1. The van der Waals surface area contributed by atoms with E-state index in [9.17, 15) is 0 Å². The molecule has 0 aliphatic carbocycles. The molecule has 2 heterocycles. The van der Waals surface area contributed by atoms with Gasteiger partial charge >= 0.3 is 0 Å². The maximum atomic E-state index is 5.17. The highest BCUT2D eigenvalue weighted by Gasteiger charge is 2.16. The van der Waals surface area contributed by atoms with E-state index in [0.717, 1.165) is 49.8 Å². The highest BCUT2D eigenvalue weighted by atomic mass is 14.9. The van der Waals surface area contributed by atoms with Crippen LogP contribution in [0.1, 0.15) is 0 Å². The second-order valence-corrected chi connectivity index (χ2v) is 11.6. The van der Waals surface area contributed by atoms with Crippen molar-refractivity contribution in [3.05, 3.63) is 164 Å². The maximum Gasteiger partial charge on any atom is 0.161 e. The summed E-state index contributed by atoms with van der Waals surface area (Å²) in [6.45, 7) is 0. The molecule has 3 nitrogen and oxygen atoms in total. The van der Waals surface area contributed by atoms with E-state index in [4.69, 9.17) is 9.97 Å². The van der Waals surface area contributed by atoms with Crippen LogP contribution < -0.4 is 0 Å². The highest BCUT2D eigenvalue weighted by molar-refractivity contribution is 6.12. The zero-order valence-corrected chi connectivity index (χ0v) is 24.9. The largest absolute Gasteiger partial charge is 0.256 e. The number of benzene rings is 7. The van der Waals surface area contributed by atoms with Gasteiger partial charge in [0.15, 0.2) is 5.82 Å². The Hall–Kier alpha value is -6.19. The topological polar surface area (TPSA) is 38.7 Å². The number of hydrogen-bond donors (Lipinski definition) is 0. The van der Waals surface area contributed by atoms with E-state index in [0.29, 0.717) is 0 Å². The van der Waals surface area contributed by atoms with Crippen LogP contribution in [0.3, 0.4) is 0 Å². The summed E-state index contributed by atoms with van der Waals surface area (Å²) in [7, 11) is 0. The molecule has 0 radical (unpaired) electrons. The fourth-order valence-corrected chi connectivity index (χ4v) is 6.74. The Balaban J connectivity index is 1.17. The van der Waals surface area contributed by atoms with Crippen LogP contribution in [0.2, 0.25) is 0 Å². The van der Waals surface area contributed by atoms with Gasteiger partial charge in [0.2, 0.25) is 0 Å². The predicted molar refractivity (Wildman–Crippen MR) is 192 cm³/mol. The summed E-state index contributed by atoms with van der Waals surface area (Å²) in [5, 5.41) is 6.88. The average molecular weight is 586 g/mol. The highest BCUT2D eigenvalue weighted by Crippen LogP contribution is 2.39. The number of rotatable bonds is 4. The monoisotopic (exact) mass is 585 g/mol. The Kier molecular flexibility index (Phi) is 6.14. The summed E-state index contributed by atoms with van der Waals surface area (Å²) < 4.78 is 0. The SMILES string of the molecule is c1ccc(-c2nc(-c3ccc(-c4ccc(-c5cc6cccnc6c6ccccc56)cc4)c4ccccc34)nc3ccccc23)cc1. The van der Waals surface area contributed by atoms with Crippen LogP contribution in [-0.2, 0) is 0 Å². The van der Waals surface area contributed by atoms with Gasteiger partial charge in [-0.25, -0.2) is 9.97 Å². The second kappa shape index (κ2) is 10.8. The molecule has 7 aromatic carbocycles. The number of hydrogen-bond acceptors (Lipinski definition) is 3. The Bertz CT molecular complexity index is 2570. The lowest BCUT2D eigenvalue weighted by Crippen LogP contribution is -1.96. The predicted octanol–water partition coefficient (Wildman–Crippen LogP) is 11.2. The molecule has 0 bridgehead atoms. The zero-order valence-electron chi connectivity index (χ0n) is 24.9. The molecule has 0 aliphatic rings. The first-order valence-corrected chi connectivity index (χ1v) is 15.5. The van der Waals surface area contributed by atoms with E-state index in [-0.39, 0.29) is 0 Å². The summed E-state index contributed by atoms with van der Waals surface area (Å²) >= 11 is 0. The van der Waals surface area contributed by atoms with Crippen molar-refractivity contribution in [1.29, 1.82) is 0 Å². The summed E-state index contributed by atoms with van der Waals surface area (Å²) in [6, 6.07) is 55.5. The van der Waals surface area contributed by atoms with E-state index in [1.807, 2.05) is 30.5 Å². The molecule has 0 fully saturated rings. The lowest BCUT2D eigenvalue weighted by atomic mass is 9.92. The van der Waals surface area contributed by atoms with Gasteiger partial charge in [0.25, 0.3) is 0 Å². The van der Waals surface area contributed by atoms with Crippen molar-refractivity contribution in [2.24, 2.45) is 0 Å². The number of pyridine rings is 1. The molecule has 3 heteroatoms. The van der Waals surface area contributed by atoms with Crippen molar-refractivity contribution in [3.63, 3.8) is 0 Å². The van der Waals surface area contributed by atoms with Crippen LogP contribution in [-0.4, -0.2) is 15.0 Å². The van der Waals surface area contributed by atoms with Gasteiger partial charge in [0.05, 0.1) is 16.7 Å². The summed E-state index contributed by atoms with van der Waals surface area (Å²) in [4.78, 5) is 14.9. The molecule has 9 rings (SSSR count). The quantitative estimate of drug-likeness (QED) is 0.193. The number of fused-ring (bicyclic) bond motifs is 5. The maximum absolute atomic E-state index is 5.17. The molecular formula is C43H27N3. The Morgan fingerprint density at radius 3 is 1.72 bits per heavy atom. The standard InChI is InChI=1S/C43H27N3/c1-2-11-30(12-3-1)42-38-18-8-9-19-40(38)45-43(46-42)37-25-24-32(33-14-4-5-15-34(33)37)28-20-22-29(23-21-28)39-27-31-13-10-26-44-41(31)36-17-7-6-16-35(36)39/h1-27H. The lowest BCUT2D eigenvalue weighted by molar-refractivity contribution is 1.23. The van der Waals surface area contributed by atoms with Gasteiger partial charge < -0.3 is 0 Å². The van der Waals surface area contributed by atoms with Crippen molar-refractivity contribution in [3.8, 4) is 44.9 Å². The molecule has 0 unspecified atom stereocenters. The first-order chi connectivity index (χ1) is 22.8. The molecule has 0 aliphatic heterocycles. The minimum absolute atomic E-state index is 0.730. The summed E-state index contributed by atoms with van der Waals surface area (Å²) in [5.41, 5.74) is 9.78. The van der Waals surface area contributed by atoms with Gasteiger partial charge in [-0.3, -0.25) is 4.98 Å². The van der Waals surface area contributed by atoms with Gasteiger partial charge in [-0.2, -0.15) is 0 Å². The zero-order chi connectivity index (χ0) is 30.5. The van der Waals surface area contributed by atoms with Crippen LogP contribution in [0.25, 0.3) is 88.2 Å². The third-order valence-corrected chi connectivity index (χ3v) is 8.93. The number of aromatic nitrogens is 3. The normalized spacial score (nSPS) is 11.5. The second-order valence-electron chi connectivity index (χ2n) is 11.6. The van der Waals surface area contributed by atoms with Crippen molar-refractivity contribution in [2.45, 2.75) is 0 Å². The van der Waals surface area contributed by atoms with E-state index in [1.54, 1.807) is 0 Å². The average Bonchev–Trinajstić information content (AvgIpc) is 3.14. The van der Waals surface area contributed by atoms with E-state index in [2.05, 4.69) is 138 Å². The summed E-state index contributed by atoms with van der Waals surface area (Å²) in [5.74, 6) is 0.730. The van der Waals surface area contributed by atoms with Crippen LogP contribution in [0, 0.1) is 0 Å². The molecule has 0 atom stereocenters. The van der Waals surface area contributed by atoms with Crippen LogP contribution in [0.5, 0.6) is 0 Å². The van der Waals surface area contributed by atoms with Gasteiger partial charge in [-0.1, -0.05) is 133 Å². The van der Waals surface area contributed by atoms with Crippen molar-refractivity contribution in [1.82, 2.24) is 15.0 Å². The number of nitrogens with zero attached hydrogens (tertiary/aromatic N) is 3. The third kappa shape index (κ3) is 4.33. The molecule has 2 aromatic heterocycles. The fourth-order valence-electron chi connectivity index (χ4n) is 6.74. The molecule has 0 spiro atoms. The Morgan fingerprint density at radius 2 is 0.957 bits per heavy atom. The van der Waals surface area contributed by atoms with Gasteiger partial charge in [-0.05, 0) is 62.7 Å². The molecule has 0 N–H and O–H groups in total. The van der Waals surface area contributed by atoms with Crippen molar-refractivity contribution in [2.75, 3.05) is 0 Å². The molecule has 214 valence electrons. The van der Waals surface area contributed by atoms with Crippen LogP contribution in [0.15, 0.2) is 164 Å². The first-order valence-electron chi connectivity index (χ1n) is 15.5.